The van der Waals surface area contributed by atoms with Crippen LogP contribution in [-0.2, 0) is 22.9 Å². The molecular formula is C23H22ClN3O3S2. The van der Waals surface area contributed by atoms with Gasteiger partial charge < -0.3 is 0 Å². The van der Waals surface area contributed by atoms with Crippen LogP contribution in [0.4, 0.5) is 10.8 Å². The third-order valence-electron chi connectivity index (χ3n) is 5.18. The maximum absolute atomic E-state index is 13.4. The molecule has 3 aromatic rings. The summed E-state index contributed by atoms with van der Waals surface area (Å²) in [5.41, 5.74) is 1.61. The maximum Gasteiger partial charge on any atom is 0.264 e. The normalized spacial score (nSPS) is 13.3. The van der Waals surface area contributed by atoms with Crippen molar-refractivity contribution in [3.8, 4) is 0 Å². The zero-order valence-electron chi connectivity index (χ0n) is 17.3. The van der Waals surface area contributed by atoms with Crippen molar-refractivity contribution < 1.29 is 13.2 Å². The summed E-state index contributed by atoms with van der Waals surface area (Å²) in [4.78, 5) is 18.6. The zero-order chi connectivity index (χ0) is 22.7. The summed E-state index contributed by atoms with van der Waals surface area (Å²) in [5, 5.41) is 3.45. The number of hydrogen-bond acceptors (Lipinski definition) is 5. The van der Waals surface area contributed by atoms with E-state index in [2.05, 4.69) is 16.9 Å². The van der Waals surface area contributed by atoms with Gasteiger partial charge in [-0.3, -0.25) is 14.4 Å². The number of aromatic nitrogens is 1. The molecule has 0 fully saturated rings. The highest BCUT2D eigenvalue weighted by Crippen LogP contribution is 2.31. The van der Waals surface area contributed by atoms with Crippen LogP contribution in [-0.4, -0.2) is 25.9 Å². The van der Waals surface area contributed by atoms with Crippen LogP contribution in [0.25, 0.3) is 0 Å². The number of rotatable bonds is 7. The number of benzene rings is 2. The summed E-state index contributed by atoms with van der Waals surface area (Å²) in [6.45, 7) is 3.75. The molecule has 1 amide bonds. The lowest BCUT2D eigenvalue weighted by Crippen LogP contribution is -2.31. The van der Waals surface area contributed by atoms with Gasteiger partial charge in [0.25, 0.3) is 15.9 Å². The van der Waals surface area contributed by atoms with Crippen LogP contribution < -0.4 is 9.62 Å². The van der Waals surface area contributed by atoms with Gasteiger partial charge in [-0.2, -0.15) is 0 Å². The fraction of sp³-hybridized carbons (Fsp3) is 0.217. The number of aryl methyl sites for hydroxylation is 2. The summed E-state index contributed by atoms with van der Waals surface area (Å²) in [5.74, 6) is -0.492. The third kappa shape index (κ3) is 4.57. The smallest absolute Gasteiger partial charge is 0.264 e. The fourth-order valence-corrected chi connectivity index (χ4v) is 6.30. The quantitative estimate of drug-likeness (QED) is 0.458. The molecule has 2 aromatic carbocycles. The Hall–Kier alpha value is -2.68. The Bertz CT molecular complexity index is 1230. The van der Waals surface area contributed by atoms with Crippen molar-refractivity contribution in [2.75, 3.05) is 16.2 Å². The fourth-order valence-electron chi connectivity index (χ4n) is 3.59. The summed E-state index contributed by atoms with van der Waals surface area (Å²) < 4.78 is 28.0. The highest BCUT2D eigenvalue weighted by Gasteiger charge is 2.26. The number of anilines is 2. The first kappa shape index (κ1) is 22.5. The van der Waals surface area contributed by atoms with E-state index in [0.717, 1.165) is 31.4 Å². The van der Waals surface area contributed by atoms with Crippen molar-refractivity contribution in [3.05, 3.63) is 82.3 Å². The van der Waals surface area contributed by atoms with E-state index >= 15 is 0 Å². The van der Waals surface area contributed by atoms with Gasteiger partial charge in [0.15, 0.2) is 5.13 Å². The number of amides is 1. The average Bonchev–Trinajstić information content (AvgIpc) is 3.20. The predicted molar refractivity (Wildman–Crippen MR) is 129 cm³/mol. The third-order valence-corrected chi connectivity index (χ3v) is 8.37. The van der Waals surface area contributed by atoms with Gasteiger partial charge in [-0.1, -0.05) is 35.9 Å². The van der Waals surface area contributed by atoms with Gasteiger partial charge in [-0.15, -0.1) is 17.9 Å². The highest BCUT2D eigenvalue weighted by molar-refractivity contribution is 7.92. The van der Waals surface area contributed by atoms with Crippen molar-refractivity contribution >= 4 is 49.7 Å². The van der Waals surface area contributed by atoms with Crippen LogP contribution in [0.3, 0.4) is 0 Å². The van der Waals surface area contributed by atoms with E-state index in [1.807, 2.05) is 6.07 Å². The van der Waals surface area contributed by atoms with Crippen LogP contribution in [0.15, 0.2) is 66.1 Å². The number of carbonyl (C=O) groups excluding carboxylic acids is 1. The molecular weight excluding hydrogens is 466 g/mol. The van der Waals surface area contributed by atoms with E-state index in [1.165, 1.54) is 44.8 Å². The SMILES string of the molecule is C=CCN(c1ccccc1)S(=O)(=O)c1ccc(Cl)c(C(=O)Nc2nc3c(s2)CCCC3)c1. The standard InChI is InChI=1S/C23H22ClN3O3S2/c1-2-14-27(16-8-4-3-5-9-16)32(29,30)17-12-13-19(24)18(15-17)22(28)26-23-25-20-10-6-7-11-21(20)31-23/h2-5,8-9,12-13,15H,1,6-7,10-11,14H2,(H,25,26,28). The lowest BCUT2D eigenvalue weighted by atomic mass is 10.0. The van der Waals surface area contributed by atoms with Crippen LogP contribution >= 0.6 is 22.9 Å². The summed E-state index contributed by atoms with van der Waals surface area (Å²) >= 11 is 7.72. The number of nitrogens with one attached hydrogen (secondary N) is 1. The molecule has 1 aliphatic carbocycles. The maximum atomic E-state index is 13.4. The molecule has 0 radical (unpaired) electrons. The second kappa shape index (κ2) is 9.44. The van der Waals surface area contributed by atoms with Gasteiger partial charge >= 0.3 is 0 Å². The molecule has 6 nitrogen and oxygen atoms in total. The average molecular weight is 488 g/mol. The van der Waals surface area contributed by atoms with E-state index in [4.69, 9.17) is 11.6 Å². The van der Waals surface area contributed by atoms with E-state index in [0.29, 0.717) is 10.8 Å². The van der Waals surface area contributed by atoms with Crippen molar-refractivity contribution in [1.82, 2.24) is 4.98 Å². The Labute approximate surface area is 196 Å². The molecule has 0 atom stereocenters. The second-order valence-corrected chi connectivity index (χ2v) is 10.7. The van der Waals surface area contributed by atoms with Gasteiger partial charge in [-0.05, 0) is 56.0 Å². The number of carbonyl (C=O) groups is 1. The first-order valence-electron chi connectivity index (χ1n) is 10.2. The second-order valence-electron chi connectivity index (χ2n) is 7.35. The number of thiazole rings is 1. The number of sulfonamides is 1. The van der Waals surface area contributed by atoms with E-state index in [1.54, 1.807) is 24.3 Å². The number of fused-ring (bicyclic) bond motifs is 1. The number of halogens is 1. The molecule has 0 saturated heterocycles. The van der Waals surface area contributed by atoms with E-state index in [-0.39, 0.29) is 22.0 Å². The minimum absolute atomic E-state index is 0.0313. The summed E-state index contributed by atoms with van der Waals surface area (Å²) in [6, 6.07) is 12.9. The van der Waals surface area contributed by atoms with Gasteiger partial charge in [0.1, 0.15) is 0 Å². The molecule has 1 heterocycles. The van der Waals surface area contributed by atoms with Gasteiger partial charge in [0.2, 0.25) is 0 Å². The molecule has 1 aromatic heterocycles. The van der Waals surface area contributed by atoms with Crippen molar-refractivity contribution in [2.24, 2.45) is 0 Å². The summed E-state index contributed by atoms with van der Waals surface area (Å²) in [6.07, 6.45) is 5.61. The molecule has 1 aliphatic rings. The topological polar surface area (TPSA) is 79.4 Å². The largest absolute Gasteiger partial charge is 0.298 e. The molecule has 9 heteroatoms. The number of nitrogens with zero attached hydrogens (tertiary/aromatic N) is 2. The molecule has 1 N–H and O–H groups in total. The minimum atomic E-state index is -3.95. The Morgan fingerprint density at radius 3 is 2.66 bits per heavy atom. The monoisotopic (exact) mass is 487 g/mol. The van der Waals surface area contributed by atoms with E-state index < -0.39 is 15.9 Å². The Balaban J connectivity index is 1.64. The molecule has 166 valence electrons. The van der Waals surface area contributed by atoms with Crippen LogP contribution in [0.1, 0.15) is 33.8 Å². The Morgan fingerprint density at radius 1 is 1.19 bits per heavy atom. The molecule has 0 bridgehead atoms. The van der Waals surface area contributed by atoms with Crippen molar-refractivity contribution in [3.63, 3.8) is 0 Å². The molecule has 0 saturated carbocycles. The molecule has 0 spiro atoms. The van der Waals surface area contributed by atoms with Crippen LogP contribution in [0.5, 0.6) is 0 Å². The molecule has 4 rings (SSSR count). The Kier molecular flexibility index (Phi) is 6.64. The van der Waals surface area contributed by atoms with Crippen LogP contribution in [0, 0.1) is 0 Å². The molecule has 0 unspecified atom stereocenters. The Morgan fingerprint density at radius 2 is 1.94 bits per heavy atom. The molecule has 0 aliphatic heterocycles. The number of hydrogen-bond donors (Lipinski definition) is 1. The first-order chi connectivity index (χ1) is 15.4. The lowest BCUT2D eigenvalue weighted by Gasteiger charge is -2.23. The van der Waals surface area contributed by atoms with Gasteiger partial charge in [-0.25, -0.2) is 13.4 Å². The first-order valence-corrected chi connectivity index (χ1v) is 12.8. The highest BCUT2D eigenvalue weighted by atomic mass is 35.5. The van der Waals surface area contributed by atoms with Gasteiger partial charge in [0.05, 0.1) is 33.4 Å². The number of para-hydroxylation sites is 1. The predicted octanol–water partition coefficient (Wildman–Crippen LogP) is 5.31. The van der Waals surface area contributed by atoms with Gasteiger partial charge in [0, 0.05) is 4.88 Å². The van der Waals surface area contributed by atoms with E-state index in [9.17, 15) is 13.2 Å². The zero-order valence-corrected chi connectivity index (χ0v) is 19.6. The molecule has 32 heavy (non-hydrogen) atoms. The lowest BCUT2D eigenvalue weighted by molar-refractivity contribution is 0.102. The van der Waals surface area contributed by atoms with Crippen molar-refractivity contribution in [1.29, 1.82) is 0 Å². The minimum Gasteiger partial charge on any atom is -0.298 e. The summed E-state index contributed by atoms with van der Waals surface area (Å²) in [7, 11) is -3.95. The van der Waals surface area contributed by atoms with Crippen LogP contribution in [0.2, 0.25) is 5.02 Å². The van der Waals surface area contributed by atoms with Crippen molar-refractivity contribution in [2.45, 2.75) is 30.6 Å².